The molecule has 0 unspecified atom stereocenters. The van der Waals surface area contributed by atoms with Gasteiger partial charge in [-0.3, -0.25) is 4.79 Å². The Labute approximate surface area is 202 Å². The highest BCUT2D eigenvalue weighted by molar-refractivity contribution is 6.05. The maximum atomic E-state index is 13.3. The van der Waals surface area contributed by atoms with Gasteiger partial charge in [0.1, 0.15) is 11.4 Å². The smallest absolute Gasteiger partial charge is 0.407 e. The van der Waals surface area contributed by atoms with Crippen LogP contribution in [0.3, 0.4) is 0 Å². The van der Waals surface area contributed by atoms with E-state index in [4.69, 9.17) is 14.2 Å². The van der Waals surface area contributed by atoms with E-state index in [2.05, 4.69) is 19.2 Å². The van der Waals surface area contributed by atoms with Crippen LogP contribution < -0.4 is 15.0 Å². The molecule has 7 heteroatoms. The third-order valence-corrected chi connectivity index (χ3v) is 5.55. The fraction of sp³-hybridized carbons (Fsp3) is 0.481. The topological polar surface area (TPSA) is 77.1 Å². The number of β-lactam (4-membered cyclic amide) rings is 1. The van der Waals surface area contributed by atoms with Gasteiger partial charge in [-0.25, -0.2) is 4.79 Å². The van der Waals surface area contributed by atoms with Gasteiger partial charge in [-0.1, -0.05) is 44.2 Å². The number of hydrogen-bond acceptors (Lipinski definition) is 5. The molecular weight excluding hydrogens is 432 g/mol. The molecule has 1 aliphatic rings. The average molecular weight is 469 g/mol. The molecule has 1 fully saturated rings. The van der Waals surface area contributed by atoms with Crippen LogP contribution >= 0.6 is 0 Å². The molecule has 0 aliphatic carbocycles. The lowest BCUT2D eigenvalue weighted by Crippen LogP contribution is -2.73. The van der Waals surface area contributed by atoms with Crippen LogP contribution in [0, 0.1) is 5.92 Å². The highest BCUT2D eigenvalue weighted by Crippen LogP contribution is 2.35. The van der Waals surface area contributed by atoms with Crippen LogP contribution in [0.15, 0.2) is 54.6 Å². The van der Waals surface area contributed by atoms with Crippen LogP contribution in [0.1, 0.15) is 46.6 Å². The summed E-state index contributed by atoms with van der Waals surface area (Å²) >= 11 is 0. The summed E-state index contributed by atoms with van der Waals surface area (Å²) in [6, 6.07) is 16.3. The fourth-order valence-corrected chi connectivity index (χ4v) is 4.10. The number of nitrogens with zero attached hydrogens (tertiary/aromatic N) is 1. The largest absolute Gasteiger partial charge is 0.497 e. The Morgan fingerprint density at radius 2 is 1.71 bits per heavy atom. The van der Waals surface area contributed by atoms with Crippen molar-refractivity contribution >= 4 is 17.7 Å². The molecule has 1 N–H and O–H groups in total. The Bertz CT molecular complexity index is 953. The maximum Gasteiger partial charge on any atom is 0.407 e. The van der Waals surface area contributed by atoms with Gasteiger partial charge >= 0.3 is 6.09 Å². The molecule has 1 aliphatic heterocycles. The van der Waals surface area contributed by atoms with E-state index in [0.29, 0.717) is 18.8 Å². The van der Waals surface area contributed by atoms with Gasteiger partial charge in [-0.15, -0.1) is 0 Å². The highest BCUT2D eigenvalue weighted by atomic mass is 16.6. The average Bonchev–Trinajstić information content (AvgIpc) is 2.76. The first kappa shape index (κ1) is 25.6. The Hall–Kier alpha value is -3.06. The van der Waals surface area contributed by atoms with Crippen LogP contribution in [0.2, 0.25) is 0 Å². The van der Waals surface area contributed by atoms with Crippen molar-refractivity contribution in [2.24, 2.45) is 5.92 Å². The number of rotatable bonds is 9. The highest BCUT2D eigenvalue weighted by Gasteiger charge is 2.53. The van der Waals surface area contributed by atoms with E-state index in [-0.39, 0.29) is 23.9 Å². The van der Waals surface area contributed by atoms with E-state index in [9.17, 15) is 9.59 Å². The first-order valence-corrected chi connectivity index (χ1v) is 11.7. The third kappa shape index (κ3) is 6.50. The number of carbonyl (C=O) groups is 2. The van der Waals surface area contributed by atoms with E-state index < -0.39 is 17.8 Å². The number of carbonyl (C=O) groups excluding carboxylic acids is 2. The van der Waals surface area contributed by atoms with E-state index in [1.165, 1.54) is 0 Å². The summed E-state index contributed by atoms with van der Waals surface area (Å²) in [4.78, 5) is 27.7. The SMILES string of the molecule is COc1ccc(N2C(=O)[C@@H](OCc3ccccc3)[C@H]2[C@H](CC(C)C)NC(=O)OC(C)(C)C)cc1. The number of methoxy groups -OCH3 is 1. The van der Waals surface area contributed by atoms with Crippen molar-refractivity contribution in [3.05, 3.63) is 60.2 Å². The van der Waals surface area contributed by atoms with E-state index >= 15 is 0 Å². The summed E-state index contributed by atoms with van der Waals surface area (Å²) in [5.74, 6) is 0.852. The van der Waals surface area contributed by atoms with Gasteiger partial charge in [0.25, 0.3) is 5.91 Å². The molecule has 0 radical (unpaired) electrons. The molecule has 2 aromatic carbocycles. The summed E-state index contributed by atoms with van der Waals surface area (Å²) in [6.07, 6.45) is -0.523. The molecular formula is C27H36N2O5. The molecule has 7 nitrogen and oxygen atoms in total. The van der Waals surface area contributed by atoms with Crippen LogP contribution in [-0.2, 0) is 20.9 Å². The normalized spacial score (nSPS) is 18.9. The zero-order valence-corrected chi connectivity index (χ0v) is 20.9. The van der Waals surface area contributed by atoms with E-state index in [1.54, 1.807) is 12.0 Å². The molecule has 3 atom stereocenters. The van der Waals surface area contributed by atoms with Gasteiger partial charge in [0.2, 0.25) is 0 Å². The van der Waals surface area contributed by atoms with Crippen molar-refractivity contribution in [3.63, 3.8) is 0 Å². The predicted molar refractivity (Wildman–Crippen MR) is 132 cm³/mol. The number of amides is 2. The number of anilines is 1. The molecule has 2 aromatic rings. The summed E-state index contributed by atoms with van der Waals surface area (Å²) in [7, 11) is 1.60. The number of benzene rings is 2. The van der Waals surface area contributed by atoms with Gasteiger partial charge in [0.05, 0.1) is 25.8 Å². The summed E-state index contributed by atoms with van der Waals surface area (Å²) in [5, 5.41) is 3.02. The Kier molecular flexibility index (Phi) is 8.20. The zero-order valence-electron chi connectivity index (χ0n) is 20.9. The summed E-state index contributed by atoms with van der Waals surface area (Å²) in [6.45, 7) is 9.96. The molecule has 0 saturated carbocycles. The monoisotopic (exact) mass is 468 g/mol. The minimum absolute atomic E-state index is 0.133. The predicted octanol–water partition coefficient (Wildman–Crippen LogP) is 4.94. The Balaban J connectivity index is 1.87. The second-order valence-corrected chi connectivity index (χ2v) is 10.00. The second-order valence-electron chi connectivity index (χ2n) is 10.00. The molecule has 1 heterocycles. The molecule has 184 valence electrons. The van der Waals surface area contributed by atoms with Crippen LogP contribution in [0.4, 0.5) is 10.5 Å². The summed E-state index contributed by atoms with van der Waals surface area (Å²) in [5.41, 5.74) is 1.09. The van der Waals surface area contributed by atoms with Crippen molar-refractivity contribution in [3.8, 4) is 5.75 Å². The molecule has 2 amide bonds. The van der Waals surface area contributed by atoms with E-state index in [0.717, 1.165) is 11.3 Å². The molecule has 0 spiro atoms. The lowest BCUT2D eigenvalue weighted by atomic mass is 9.85. The lowest BCUT2D eigenvalue weighted by molar-refractivity contribution is -0.145. The number of hydrogen-bond donors (Lipinski definition) is 1. The Morgan fingerprint density at radius 3 is 2.26 bits per heavy atom. The fourth-order valence-electron chi connectivity index (χ4n) is 4.10. The van der Waals surface area contributed by atoms with Crippen molar-refractivity contribution in [2.45, 2.75) is 71.4 Å². The molecule has 0 bridgehead atoms. The third-order valence-electron chi connectivity index (χ3n) is 5.55. The quantitative estimate of drug-likeness (QED) is 0.528. The van der Waals surface area contributed by atoms with Crippen LogP contribution in [0.5, 0.6) is 5.75 Å². The van der Waals surface area contributed by atoms with Gasteiger partial charge in [-0.05, 0) is 62.9 Å². The van der Waals surface area contributed by atoms with Gasteiger partial charge in [-0.2, -0.15) is 0 Å². The number of ether oxygens (including phenoxy) is 3. The standard InChI is InChI=1S/C27H36N2O5/c1-18(2)16-22(28-26(31)34-27(3,4)5)23-24(33-17-19-10-8-7-9-11-19)25(30)29(23)20-12-14-21(32-6)15-13-20/h7-15,18,22-24H,16-17H2,1-6H3,(H,28,31)/t22-,23+,24-/m0/s1. The van der Waals surface area contributed by atoms with Gasteiger partial charge < -0.3 is 24.4 Å². The molecule has 0 aromatic heterocycles. The van der Waals surface area contributed by atoms with Crippen LogP contribution in [-0.4, -0.2) is 42.9 Å². The maximum absolute atomic E-state index is 13.3. The van der Waals surface area contributed by atoms with Crippen molar-refractivity contribution in [1.82, 2.24) is 5.32 Å². The molecule has 3 rings (SSSR count). The number of alkyl carbamates (subject to hydrolysis) is 1. The van der Waals surface area contributed by atoms with Gasteiger partial charge in [0, 0.05) is 5.69 Å². The first-order valence-electron chi connectivity index (χ1n) is 11.7. The van der Waals surface area contributed by atoms with Gasteiger partial charge in [0.15, 0.2) is 6.10 Å². The van der Waals surface area contributed by atoms with Crippen molar-refractivity contribution in [2.75, 3.05) is 12.0 Å². The first-order chi connectivity index (χ1) is 16.1. The molecule has 34 heavy (non-hydrogen) atoms. The molecule has 1 saturated heterocycles. The van der Waals surface area contributed by atoms with E-state index in [1.807, 2.05) is 75.4 Å². The number of nitrogens with one attached hydrogen (secondary N) is 1. The van der Waals surface area contributed by atoms with Crippen LogP contribution in [0.25, 0.3) is 0 Å². The second kappa shape index (κ2) is 10.9. The van der Waals surface area contributed by atoms with Crippen molar-refractivity contribution in [1.29, 1.82) is 0 Å². The zero-order chi connectivity index (χ0) is 24.9. The lowest BCUT2D eigenvalue weighted by Gasteiger charge is -2.50. The van der Waals surface area contributed by atoms with Crippen molar-refractivity contribution < 1.29 is 23.8 Å². The minimum atomic E-state index is -0.680. The minimum Gasteiger partial charge on any atom is -0.497 e. The Morgan fingerprint density at radius 1 is 1.06 bits per heavy atom. The summed E-state index contributed by atoms with van der Waals surface area (Å²) < 4.78 is 16.9.